The Hall–Kier alpha value is -1.32. The highest BCUT2D eigenvalue weighted by molar-refractivity contribution is 9.10. The molecule has 112 valence electrons. The van der Waals surface area contributed by atoms with Crippen molar-refractivity contribution in [2.75, 3.05) is 6.54 Å². The molecule has 0 spiro atoms. The lowest BCUT2D eigenvalue weighted by Crippen LogP contribution is -2.19. The predicted octanol–water partition coefficient (Wildman–Crippen LogP) is 5.30. The zero-order chi connectivity index (χ0) is 15.2. The Bertz CT molecular complexity index is 596. The number of hydrogen-bond donors (Lipinski definition) is 1. The van der Waals surface area contributed by atoms with Gasteiger partial charge in [0.2, 0.25) is 0 Å². The van der Waals surface area contributed by atoms with Crippen LogP contribution in [0.1, 0.15) is 25.0 Å². The fourth-order valence-corrected chi connectivity index (χ4v) is 2.30. The van der Waals surface area contributed by atoms with Gasteiger partial charge < -0.3 is 10.1 Å². The number of rotatable bonds is 6. The molecule has 1 N–H and O–H groups in total. The highest BCUT2D eigenvalue weighted by Crippen LogP contribution is 2.28. The van der Waals surface area contributed by atoms with Gasteiger partial charge in [-0.15, -0.1) is 0 Å². The Kier molecular flexibility index (Phi) is 5.83. The maximum Gasteiger partial charge on any atom is 0.131 e. The standard InChI is InChI=1S/C18H22BrNO/c1-13(2)11-20-12-15-6-4-5-7-18(15)21-16-8-9-17(19)14(3)10-16/h4-10,13,20H,11-12H2,1-3H3. The topological polar surface area (TPSA) is 21.3 Å². The minimum absolute atomic E-state index is 0.646. The fraction of sp³-hybridized carbons (Fsp3) is 0.333. The van der Waals surface area contributed by atoms with Crippen LogP contribution in [0.4, 0.5) is 0 Å². The van der Waals surface area contributed by atoms with Crippen LogP contribution in [0.3, 0.4) is 0 Å². The van der Waals surface area contributed by atoms with Crippen molar-refractivity contribution in [1.82, 2.24) is 5.32 Å². The van der Waals surface area contributed by atoms with Gasteiger partial charge in [0.15, 0.2) is 0 Å². The van der Waals surface area contributed by atoms with Crippen LogP contribution in [0.2, 0.25) is 0 Å². The molecule has 0 amide bonds. The third kappa shape index (κ3) is 4.87. The second kappa shape index (κ2) is 7.62. The Balaban J connectivity index is 2.10. The zero-order valence-corrected chi connectivity index (χ0v) is 14.4. The highest BCUT2D eigenvalue weighted by atomic mass is 79.9. The van der Waals surface area contributed by atoms with Crippen LogP contribution in [-0.2, 0) is 6.54 Å². The van der Waals surface area contributed by atoms with Crippen molar-refractivity contribution in [2.24, 2.45) is 5.92 Å². The summed E-state index contributed by atoms with van der Waals surface area (Å²) in [6, 6.07) is 14.2. The van der Waals surface area contributed by atoms with Crippen molar-refractivity contribution in [1.29, 1.82) is 0 Å². The van der Waals surface area contributed by atoms with Crippen molar-refractivity contribution >= 4 is 15.9 Å². The number of para-hydroxylation sites is 1. The number of aryl methyl sites for hydroxylation is 1. The first-order chi connectivity index (χ1) is 10.1. The van der Waals surface area contributed by atoms with Gasteiger partial charge in [0.05, 0.1) is 0 Å². The number of ether oxygens (including phenoxy) is 1. The highest BCUT2D eigenvalue weighted by Gasteiger charge is 2.06. The van der Waals surface area contributed by atoms with E-state index < -0.39 is 0 Å². The van der Waals surface area contributed by atoms with Gasteiger partial charge in [-0.3, -0.25) is 0 Å². The molecular weight excluding hydrogens is 326 g/mol. The molecule has 0 radical (unpaired) electrons. The third-order valence-electron chi connectivity index (χ3n) is 3.20. The van der Waals surface area contributed by atoms with Gasteiger partial charge >= 0.3 is 0 Å². The molecule has 0 unspecified atom stereocenters. The first-order valence-electron chi connectivity index (χ1n) is 7.29. The maximum absolute atomic E-state index is 6.04. The Morgan fingerprint density at radius 2 is 1.90 bits per heavy atom. The number of hydrogen-bond acceptors (Lipinski definition) is 2. The van der Waals surface area contributed by atoms with Crippen molar-refractivity contribution in [3.63, 3.8) is 0 Å². The number of benzene rings is 2. The summed E-state index contributed by atoms with van der Waals surface area (Å²) in [6.45, 7) is 8.31. The lowest BCUT2D eigenvalue weighted by molar-refractivity contribution is 0.468. The molecule has 0 heterocycles. The summed E-state index contributed by atoms with van der Waals surface area (Å²) >= 11 is 3.51. The Morgan fingerprint density at radius 1 is 1.14 bits per heavy atom. The Morgan fingerprint density at radius 3 is 2.62 bits per heavy atom. The molecule has 0 atom stereocenters. The normalized spacial score (nSPS) is 10.9. The van der Waals surface area contributed by atoms with Crippen molar-refractivity contribution in [2.45, 2.75) is 27.3 Å². The zero-order valence-electron chi connectivity index (χ0n) is 12.8. The maximum atomic E-state index is 6.04. The summed E-state index contributed by atoms with van der Waals surface area (Å²) in [4.78, 5) is 0. The summed E-state index contributed by atoms with van der Waals surface area (Å²) < 4.78 is 7.14. The largest absolute Gasteiger partial charge is 0.457 e. The van der Waals surface area contributed by atoms with E-state index in [9.17, 15) is 0 Å². The third-order valence-corrected chi connectivity index (χ3v) is 4.09. The number of halogens is 1. The average Bonchev–Trinajstić information content (AvgIpc) is 2.44. The van der Waals surface area contributed by atoms with Crippen molar-refractivity contribution in [3.05, 3.63) is 58.1 Å². The summed E-state index contributed by atoms with van der Waals surface area (Å²) in [5.74, 6) is 2.43. The van der Waals surface area contributed by atoms with Crippen LogP contribution in [0.15, 0.2) is 46.9 Å². The van der Waals surface area contributed by atoms with Gasteiger partial charge in [0.1, 0.15) is 11.5 Å². The molecule has 0 bridgehead atoms. The van der Waals surface area contributed by atoms with Gasteiger partial charge in [-0.2, -0.15) is 0 Å². The second-order valence-corrected chi connectivity index (χ2v) is 6.50. The molecule has 0 fully saturated rings. The molecule has 2 aromatic carbocycles. The SMILES string of the molecule is Cc1cc(Oc2ccccc2CNCC(C)C)ccc1Br. The molecule has 21 heavy (non-hydrogen) atoms. The minimum atomic E-state index is 0.646. The quantitative estimate of drug-likeness (QED) is 0.765. The van der Waals surface area contributed by atoms with Crippen LogP contribution >= 0.6 is 15.9 Å². The minimum Gasteiger partial charge on any atom is -0.457 e. The monoisotopic (exact) mass is 347 g/mol. The van der Waals surface area contributed by atoms with Gasteiger partial charge in [-0.05, 0) is 49.2 Å². The number of nitrogens with one attached hydrogen (secondary N) is 1. The first kappa shape index (κ1) is 16.1. The van der Waals surface area contributed by atoms with Crippen LogP contribution < -0.4 is 10.1 Å². The molecule has 0 aliphatic rings. The van der Waals surface area contributed by atoms with E-state index in [1.165, 1.54) is 11.1 Å². The van der Waals surface area contributed by atoms with E-state index in [0.717, 1.165) is 29.1 Å². The summed E-state index contributed by atoms with van der Waals surface area (Å²) in [7, 11) is 0. The predicted molar refractivity (Wildman–Crippen MR) is 91.9 cm³/mol. The second-order valence-electron chi connectivity index (χ2n) is 5.65. The molecule has 2 nitrogen and oxygen atoms in total. The lowest BCUT2D eigenvalue weighted by atomic mass is 10.1. The molecular formula is C18H22BrNO. The fourth-order valence-electron chi connectivity index (χ4n) is 2.05. The van der Waals surface area contributed by atoms with Crippen LogP contribution in [-0.4, -0.2) is 6.54 Å². The van der Waals surface area contributed by atoms with E-state index in [1.54, 1.807) is 0 Å². The first-order valence-corrected chi connectivity index (χ1v) is 8.08. The molecule has 0 aliphatic carbocycles. The summed E-state index contributed by atoms with van der Waals surface area (Å²) in [6.07, 6.45) is 0. The molecule has 2 rings (SSSR count). The molecule has 0 saturated carbocycles. The van der Waals surface area contributed by atoms with E-state index >= 15 is 0 Å². The van der Waals surface area contributed by atoms with Crippen LogP contribution in [0, 0.1) is 12.8 Å². The molecule has 3 heteroatoms. The molecule has 0 aliphatic heterocycles. The van der Waals surface area contributed by atoms with E-state index in [2.05, 4.69) is 48.1 Å². The summed E-state index contributed by atoms with van der Waals surface area (Å²) in [5, 5.41) is 3.46. The van der Waals surface area contributed by atoms with Crippen LogP contribution in [0.25, 0.3) is 0 Å². The van der Waals surface area contributed by atoms with E-state index in [0.29, 0.717) is 5.92 Å². The van der Waals surface area contributed by atoms with Crippen LogP contribution in [0.5, 0.6) is 11.5 Å². The van der Waals surface area contributed by atoms with Crippen molar-refractivity contribution < 1.29 is 4.74 Å². The Labute approximate surface area is 135 Å². The van der Waals surface area contributed by atoms with E-state index in [4.69, 9.17) is 4.74 Å². The molecule has 2 aromatic rings. The van der Waals surface area contributed by atoms with Gasteiger partial charge in [-0.1, -0.05) is 48.0 Å². The van der Waals surface area contributed by atoms with Gasteiger partial charge in [0.25, 0.3) is 0 Å². The molecule has 0 saturated heterocycles. The summed E-state index contributed by atoms with van der Waals surface area (Å²) in [5.41, 5.74) is 2.35. The van der Waals surface area contributed by atoms with Gasteiger partial charge in [0, 0.05) is 16.6 Å². The smallest absolute Gasteiger partial charge is 0.131 e. The van der Waals surface area contributed by atoms with E-state index in [1.807, 2.05) is 36.4 Å². The van der Waals surface area contributed by atoms with E-state index in [-0.39, 0.29) is 0 Å². The van der Waals surface area contributed by atoms with Gasteiger partial charge in [-0.25, -0.2) is 0 Å². The molecule has 0 aromatic heterocycles. The lowest BCUT2D eigenvalue weighted by Gasteiger charge is -2.13. The van der Waals surface area contributed by atoms with Crippen molar-refractivity contribution in [3.8, 4) is 11.5 Å². The average molecular weight is 348 g/mol.